The van der Waals surface area contributed by atoms with E-state index in [2.05, 4.69) is 17.2 Å². The summed E-state index contributed by atoms with van der Waals surface area (Å²) in [6, 6.07) is 8.78. The Labute approximate surface area is 148 Å². The summed E-state index contributed by atoms with van der Waals surface area (Å²) in [7, 11) is 0. The second-order valence-corrected chi connectivity index (χ2v) is 5.80. The Bertz CT molecular complexity index is 873. The molecule has 0 aliphatic rings. The van der Waals surface area contributed by atoms with Crippen molar-refractivity contribution in [2.45, 2.75) is 20.0 Å². The molecule has 2 amide bonds. The Kier molecular flexibility index (Phi) is 5.50. The molecule has 7 heteroatoms. The largest absolute Gasteiger partial charge is 0.416 e. The van der Waals surface area contributed by atoms with E-state index in [0.29, 0.717) is 22.5 Å². The van der Waals surface area contributed by atoms with E-state index in [1.807, 2.05) is 0 Å². The Morgan fingerprint density at radius 3 is 2.35 bits per heavy atom. The molecule has 2 aromatic rings. The van der Waals surface area contributed by atoms with Crippen molar-refractivity contribution in [2.24, 2.45) is 0 Å². The smallest absolute Gasteiger partial charge is 0.327 e. The van der Waals surface area contributed by atoms with Crippen LogP contribution in [0.3, 0.4) is 0 Å². The van der Waals surface area contributed by atoms with Gasteiger partial charge in [-0.05, 0) is 49.7 Å². The van der Waals surface area contributed by atoms with Crippen LogP contribution >= 0.6 is 0 Å². The molecule has 136 valence electrons. The molecule has 2 N–H and O–H groups in total. The Morgan fingerprint density at radius 2 is 1.73 bits per heavy atom. The second kappa shape index (κ2) is 7.43. The fourth-order valence-electron chi connectivity index (χ4n) is 2.25. The van der Waals surface area contributed by atoms with Gasteiger partial charge in [0.05, 0.1) is 5.56 Å². The summed E-state index contributed by atoms with van der Waals surface area (Å²) in [5, 5.41) is 5.07. The van der Waals surface area contributed by atoms with Crippen molar-refractivity contribution in [3.05, 3.63) is 77.0 Å². The average molecular weight is 362 g/mol. The number of hydrogen-bond donors (Lipinski definition) is 2. The lowest BCUT2D eigenvalue weighted by Gasteiger charge is -2.12. The molecule has 0 fully saturated rings. The van der Waals surface area contributed by atoms with Gasteiger partial charge in [0.15, 0.2) is 0 Å². The van der Waals surface area contributed by atoms with Crippen molar-refractivity contribution in [3.63, 3.8) is 0 Å². The Morgan fingerprint density at radius 1 is 1.04 bits per heavy atom. The number of amides is 2. The van der Waals surface area contributed by atoms with Crippen molar-refractivity contribution >= 4 is 17.5 Å². The van der Waals surface area contributed by atoms with Crippen LogP contribution in [0.1, 0.15) is 38.8 Å². The van der Waals surface area contributed by atoms with E-state index in [1.54, 1.807) is 26.0 Å². The fraction of sp³-hybridized carbons (Fsp3) is 0.158. The first-order valence-electron chi connectivity index (χ1n) is 7.64. The number of aryl methyl sites for hydroxylation is 1. The zero-order valence-electron chi connectivity index (χ0n) is 14.2. The van der Waals surface area contributed by atoms with Gasteiger partial charge in [0.1, 0.15) is 0 Å². The molecule has 0 aromatic heterocycles. The molecule has 0 radical (unpaired) electrons. The topological polar surface area (TPSA) is 58.2 Å². The van der Waals surface area contributed by atoms with Crippen LogP contribution in [0.25, 0.3) is 0 Å². The molecule has 0 heterocycles. The number of anilines is 1. The highest BCUT2D eigenvalue weighted by atomic mass is 19.4. The van der Waals surface area contributed by atoms with E-state index >= 15 is 0 Å². The number of benzene rings is 2. The van der Waals surface area contributed by atoms with Gasteiger partial charge in [-0.2, -0.15) is 13.2 Å². The van der Waals surface area contributed by atoms with Crippen LogP contribution < -0.4 is 10.6 Å². The number of nitrogens with one attached hydrogen (secondary N) is 2. The van der Waals surface area contributed by atoms with Gasteiger partial charge in [0, 0.05) is 22.5 Å². The summed E-state index contributed by atoms with van der Waals surface area (Å²) in [6.45, 7) is 6.95. The monoisotopic (exact) mass is 362 g/mol. The van der Waals surface area contributed by atoms with Gasteiger partial charge in [-0.15, -0.1) is 0 Å². The number of carbonyl (C=O) groups excluding carboxylic acids is 2. The molecule has 4 nitrogen and oxygen atoms in total. The maximum atomic E-state index is 12.8. The molecule has 2 aromatic carbocycles. The lowest BCUT2D eigenvalue weighted by atomic mass is 10.1. The van der Waals surface area contributed by atoms with E-state index in [0.717, 1.165) is 12.1 Å². The highest BCUT2D eigenvalue weighted by Crippen LogP contribution is 2.29. The maximum absolute atomic E-state index is 12.8. The molecular formula is C19H17F3N2O2. The number of alkyl halides is 3. The van der Waals surface area contributed by atoms with Crippen LogP contribution in [0, 0.1) is 6.92 Å². The zero-order valence-corrected chi connectivity index (χ0v) is 14.2. The Hall–Kier alpha value is -3.09. The molecule has 0 bridgehead atoms. The van der Waals surface area contributed by atoms with E-state index in [9.17, 15) is 22.8 Å². The number of hydrogen-bond acceptors (Lipinski definition) is 2. The van der Waals surface area contributed by atoms with Gasteiger partial charge in [-0.25, -0.2) is 0 Å². The number of allylic oxidation sites excluding steroid dienone is 1. The number of carbonyl (C=O) groups is 2. The summed E-state index contributed by atoms with van der Waals surface area (Å²) in [6.07, 6.45) is -4.53. The summed E-state index contributed by atoms with van der Waals surface area (Å²) in [5.41, 5.74) is 0.734. The van der Waals surface area contributed by atoms with E-state index in [4.69, 9.17) is 0 Å². The molecule has 0 unspecified atom stereocenters. The predicted octanol–water partition coefficient (Wildman–Crippen LogP) is 4.53. The minimum Gasteiger partial charge on any atom is -0.327 e. The molecule has 0 aliphatic heterocycles. The lowest BCUT2D eigenvalue weighted by molar-refractivity contribution is -0.137. The first-order chi connectivity index (χ1) is 12.1. The van der Waals surface area contributed by atoms with Crippen LogP contribution in [-0.2, 0) is 6.18 Å². The third kappa shape index (κ3) is 4.72. The molecule has 0 saturated carbocycles. The third-order valence-electron chi connectivity index (χ3n) is 3.52. The van der Waals surface area contributed by atoms with Crippen molar-refractivity contribution < 1.29 is 22.8 Å². The molecule has 2 rings (SSSR count). The van der Waals surface area contributed by atoms with E-state index in [-0.39, 0.29) is 11.5 Å². The summed E-state index contributed by atoms with van der Waals surface area (Å²) in [5.74, 6) is -1.09. The normalized spacial score (nSPS) is 11.0. The summed E-state index contributed by atoms with van der Waals surface area (Å²) in [4.78, 5) is 24.4. The minimum atomic E-state index is -4.53. The summed E-state index contributed by atoms with van der Waals surface area (Å²) >= 11 is 0. The molecule has 0 spiro atoms. The standard InChI is InChI=1S/C19H17F3N2O2/c1-11(2)23-18(26)16-10-15(8-7-12(16)3)24-17(25)13-5-4-6-14(9-13)19(20,21)22/h4-10H,1H2,2-3H3,(H,23,26)(H,24,25). The summed E-state index contributed by atoms with van der Waals surface area (Å²) < 4.78 is 38.3. The van der Waals surface area contributed by atoms with Gasteiger partial charge < -0.3 is 10.6 Å². The van der Waals surface area contributed by atoms with Gasteiger partial charge in [0.2, 0.25) is 0 Å². The van der Waals surface area contributed by atoms with Crippen LogP contribution in [0.4, 0.5) is 18.9 Å². The van der Waals surface area contributed by atoms with Gasteiger partial charge in [-0.3, -0.25) is 9.59 Å². The van der Waals surface area contributed by atoms with Crippen molar-refractivity contribution in [2.75, 3.05) is 5.32 Å². The third-order valence-corrected chi connectivity index (χ3v) is 3.52. The second-order valence-electron chi connectivity index (χ2n) is 5.80. The van der Waals surface area contributed by atoms with Crippen LogP contribution in [0.15, 0.2) is 54.7 Å². The molecule has 26 heavy (non-hydrogen) atoms. The molecule has 0 atom stereocenters. The average Bonchev–Trinajstić information content (AvgIpc) is 2.55. The van der Waals surface area contributed by atoms with E-state index in [1.165, 1.54) is 18.2 Å². The number of halogens is 3. The quantitative estimate of drug-likeness (QED) is 0.840. The Balaban J connectivity index is 2.25. The van der Waals surface area contributed by atoms with Crippen LogP contribution in [-0.4, -0.2) is 11.8 Å². The predicted molar refractivity (Wildman–Crippen MR) is 92.9 cm³/mol. The molecule has 0 saturated heterocycles. The van der Waals surface area contributed by atoms with Gasteiger partial charge in [-0.1, -0.05) is 18.7 Å². The van der Waals surface area contributed by atoms with Crippen molar-refractivity contribution in [3.8, 4) is 0 Å². The highest BCUT2D eigenvalue weighted by molar-refractivity contribution is 6.05. The first-order valence-corrected chi connectivity index (χ1v) is 7.64. The molecule has 0 aliphatic carbocycles. The fourth-order valence-corrected chi connectivity index (χ4v) is 2.25. The lowest BCUT2D eigenvalue weighted by Crippen LogP contribution is -2.22. The van der Waals surface area contributed by atoms with Gasteiger partial charge >= 0.3 is 6.18 Å². The SMILES string of the molecule is C=C(C)NC(=O)c1cc(NC(=O)c2cccc(C(F)(F)F)c2)ccc1C. The van der Waals surface area contributed by atoms with Crippen molar-refractivity contribution in [1.29, 1.82) is 0 Å². The first kappa shape index (κ1) is 19.2. The van der Waals surface area contributed by atoms with Crippen LogP contribution in [0.5, 0.6) is 0 Å². The van der Waals surface area contributed by atoms with Crippen LogP contribution in [0.2, 0.25) is 0 Å². The van der Waals surface area contributed by atoms with Crippen molar-refractivity contribution in [1.82, 2.24) is 5.32 Å². The maximum Gasteiger partial charge on any atom is 0.416 e. The zero-order chi connectivity index (χ0) is 19.5. The van der Waals surface area contributed by atoms with E-state index < -0.39 is 17.6 Å². The minimum absolute atomic E-state index is 0.131. The number of rotatable bonds is 4. The van der Waals surface area contributed by atoms with Gasteiger partial charge in [0.25, 0.3) is 11.8 Å². The molecular weight excluding hydrogens is 345 g/mol. The highest BCUT2D eigenvalue weighted by Gasteiger charge is 2.30.